The van der Waals surface area contributed by atoms with Crippen molar-refractivity contribution in [1.82, 2.24) is 0 Å². The van der Waals surface area contributed by atoms with E-state index in [1.165, 1.54) is 12.1 Å². The highest BCUT2D eigenvalue weighted by Crippen LogP contribution is 2.28. The van der Waals surface area contributed by atoms with Crippen molar-refractivity contribution in [1.29, 1.82) is 0 Å². The molecule has 0 radical (unpaired) electrons. The quantitative estimate of drug-likeness (QED) is 0.671. The van der Waals surface area contributed by atoms with Gasteiger partial charge in [0.25, 0.3) is 0 Å². The molecular formula is C14H15Cl2F3O3. The Labute approximate surface area is 136 Å². The molecule has 0 saturated carbocycles. The maximum atomic E-state index is 12.0. The highest BCUT2D eigenvalue weighted by atomic mass is 35.5. The average molecular weight is 359 g/mol. The van der Waals surface area contributed by atoms with E-state index in [0.29, 0.717) is 31.8 Å². The van der Waals surface area contributed by atoms with Gasteiger partial charge in [0.15, 0.2) is 0 Å². The molecule has 3 nitrogen and oxygen atoms in total. The smallest absolute Gasteiger partial charge is 0.426 e. The average Bonchev–Trinajstić information content (AvgIpc) is 2.44. The predicted molar refractivity (Wildman–Crippen MR) is 78.7 cm³/mol. The summed E-state index contributed by atoms with van der Waals surface area (Å²) in [6.45, 7) is 0.522. The van der Waals surface area contributed by atoms with E-state index in [2.05, 4.69) is 0 Å². The number of phenols is 1. The molecule has 0 heterocycles. The van der Waals surface area contributed by atoms with E-state index in [4.69, 9.17) is 32.7 Å². The number of aromatic hydroxyl groups is 1. The van der Waals surface area contributed by atoms with E-state index in [0.717, 1.165) is 6.08 Å². The second-order valence-corrected chi connectivity index (χ2v) is 5.11. The Bertz CT molecular complexity index is 505. The van der Waals surface area contributed by atoms with Gasteiger partial charge in [0, 0.05) is 12.7 Å². The third kappa shape index (κ3) is 7.24. The number of rotatable bonds is 8. The molecule has 22 heavy (non-hydrogen) atoms. The third-order valence-electron chi connectivity index (χ3n) is 2.52. The predicted octanol–water partition coefficient (Wildman–Crippen LogP) is 4.91. The summed E-state index contributed by atoms with van der Waals surface area (Å²) in [5, 5.41) is 8.26. The van der Waals surface area contributed by atoms with Gasteiger partial charge in [0.2, 0.25) is 0 Å². The van der Waals surface area contributed by atoms with E-state index in [1.54, 1.807) is 6.07 Å². The maximum absolute atomic E-state index is 12.0. The van der Waals surface area contributed by atoms with Crippen molar-refractivity contribution in [3.8, 4) is 11.5 Å². The van der Waals surface area contributed by atoms with Gasteiger partial charge in [-0.3, -0.25) is 0 Å². The molecule has 0 aliphatic heterocycles. The van der Waals surface area contributed by atoms with Crippen LogP contribution >= 0.6 is 23.2 Å². The lowest BCUT2D eigenvalue weighted by Crippen LogP contribution is -2.08. The van der Waals surface area contributed by atoms with Crippen LogP contribution in [0.1, 0.15) is 12.8 Å². The molecule has 0 fully saturated rings. The zero-order chi connectivity index (χ0) is 16.6. The number of benzene rings is 1. The molecule has 0 spiro atoms. The van der Waals surface area contributed by atoms with Gasteiger partial charge in [0.1, 0.15) is 16.5 Å². The molecule has 8 heteroatoms. The molecular weight excluding hydrogens is 344 g/mol. The molecule has 0 saturated heterocycles. The molecule has 0 amide bonds. The highest BCUT2D eigenvalue weighted by Gasteiger charge is 2.31. The molecule has 0 atom stereocenters. The molecule has 0 aromatic heterocycles. The Kier molecular flexibility index (Phi) is 7.85. The van der Waals surface area contributed by atoms with Gasteiger partial charge >= 0.3 is 6.18 Å². The van der Waals surface area contributed by atoms with Gasteiger partial charge in [-0.1, -0.05) is 23.2 Å². The lowest BCUT2D eigenvalue weighted by atomic mass is 10.3. The largest absolute Gasteiger partial charge is 0.506 e. The van der Waals surface area contributed by atoms with Crippen LogP contribution in [0.3, 0.4) is 0 Å². The third-order valence-corrected chi connectivity index (χ3v) is 3.19. The Morgan fingerprint density at radius 2 is 1.91 bits per heavy atom. The van der Waals surface area contributed by atoms with Crippen LogP contribution in [0.4, 0.5) is 13.2 Å². The summed E-state index contributed by atoms with van der Waals surface area (Å²) in [4.78, 5) is 0. The van der Waals surface area contributed by atoms with Gasteiger partial charge in [-0.2, -0.15) is 13.2 Å². The van der Waals surface area contributed by atoms with Crippen LogP contribution in [0.15, 0.2) is 29.3 Å². The standard InChI is InChI=1S/C14H15Cl2F3O3/c15-11-9-10(3-4-12(11)20)22-7-2-1-6-21-8-5-13(16)14(17,18)19/h3-5,9,20H,1-2,6-8H2/b13-5-. The molecule has 0 aliphatic rings. The minimum Gasteiger partial charge on any atom is -0.506 e. The number of ether oxygens (including phenoxy) is 2. The van der Waals surface area contributed by atoms with E-state index in [-0.39, 0.29) is 17.4 Å². The number of hydrogen-bond donors (Lipinski definition) is 1. The summed E-state index contributed by atoms with van der Waals surface area (Å²) in [5.74, 6) is 0.511. The van der Waals surface area contributed by atoms with Crippen molar-refractivity contribution in [3.05, 3.63) is 34.3 Å². The fourth-order valence-corrected chi connectivity index (χ4v) is 1.64. The first kappa shape index (κ1) is 18.9. The Morgan fingerprint density at radius 3 is 2.55 bits per heavy atom. The summed E-state index contributed by atoms with van der Waals surface area (Å²) in [5.41, 5.74) is 0. The van der Waals surface area contributed by atoms with Gasteiger partial charge in [-0.05, 0) is 31.1 Å². The minimum atomic E-state index is -4.52. The van der Waals surface area contributed by atoms with Crippen LogP contribution in [-0.2, 0) is 4.74 Å². The SMILES string of the molecule is Oc1ccc(OCCCCOC/C=C(\Cl)C(F)(F)F)cc1Cl. The first-order valence-corrected chi connectivity index (χ1v) is 7.18. The van der Waals surface area contributed by atoms with Gasteiger partial charge in [-0.25, -0.2) is 0 Å². The summed E-state index contributed by atoms with van der Waals surface area (Å²) in [6, 6.07) is 4.51. The number of halogens is 5. The summed E-state index contributed by atoms with van der Waals surface area (Å²) >= 11 is 10.7. The molecule has 1 aromatic carbocycles. The summed E-state index contributed by atoms with van der Waals surface area (Å²) in [7, 11) is 0. The summed E-state index contributed by atoms with van der Waals surface area (Å²) in [6.07, 6.45) is -2.45. The van der Waals surface area contributed by atoms with Crippen molar-refractivity contribution in [2.45, 2.75) is 19.0 Å². The fourth-order valence-electron chi connectivity index (χ4n) is 1.40. The lowest BCUT2D eigenvalue weighted by Gasteiger charge is -2.07. The normalized spacial score (nSPS) is 12.5. The maximum Gasteiger partial charge on any atom is 0.426 e. The molecule has 124 valence electrons. The minimum absolute atomic E-state index is 0.0204. The van der Waals surface area contributed by atoms with Crippen LogP contribution in [0, 0.1) is 0 Å². The van der Waals surface area contributed by atoms with Crippen molar-refractivity contribution in [2.75, 3.05) is 19.8 Å². The molecule has 1 aromatic rings. The lowest BCUT2D eigenvalue weighted by molar-refractivity contribution is -0.0850. The first-order chi connectivity index (χ1) is 10.3. The van der Waals surface area contributed by atoms with Crippen LogP contribution in [-0.4, -0.2) is 31.1 Å². The van der Waals surface area contributed by atoms with E-state index < -0.39 is 11.2 Å². The second-order valence-electron chi connectivity index (χ2n) is 4.29. The molecule has 0 unspecified atom stereocenters. The van der Waals surface area contributed by atoms with Crippen molar-refractivity contribution < 1.29 is 27.8 Å². The van der Waals surface area contributed by atoms with Crippen LogP contribution in [0.5, 0.6) is 11.5 Å². The van der Waals surface area contributed by atoms with Gasteiger partial charge in [-0.15, -0.1) is 0 Å². The molecule has 1 rings (SSSR count). The number of unbranched alkanes of at least 4 members (excludes halogenated alkanes) is 1. The van der Waals surface area contributed by atoms with E-state index in [9.17, 15) is 18.3 Å². The monoisotopic (exact) mass is 358 g/mol. The first-order valence-electron chi connectivity index (χ1n) is 6.42. The number of allylic oxidation sites excluding steroid dienone is 1. The van der Waals surface area contributed by atoms with E-state index in [1.807, 2.05) is 0 Å². The van der Waals surface area contributed by atoms with Crippen molar-refractivity contribution in [2.24, 2.45) is 0 Å². The van der Waals surface area contributed by atoms with Crippen molar-refractivity contribution in [3.63, 3.8) is 0 Å². The zero-order valence-corrected chi connectivity index (χ0v) is 13.0. The van der Waals surface area contributed by atoms with Gasteiger partial charge in [0.05, 0.1) is 18.2 Å². The Balaban J connectivity index is 2.10. The van der Waals surface area contributed by atoms with Crippen molar-refractivity contribution >= 4 is 23.2 Å². The van der Waals surface area contributed by atoms with E-state index >= 15 is 0 Å². The zero-order valence-electron chi connectivity index (χ0n) is 11.5. The highest BCUT2D eigenvalue weighted by molar-refractivity contribution is 6.32. The molecule has 1 N–H and O–H groups in total. The Hall–Kier alpha value is -1.11. The number of alkyl halides is 3. The van der Waals surface area contributed by atoms with Gasteiger partial charge < -0.3 is 14.6 Å². The summed E-state index contributed by atoms with van der Waals surface area (Å²) < 4.78 is 46.5. The number of hydrogen-bond acceptors (Lipinski definition) is 3. The fraction of sp³-hybridized carbons (Fsp3) is 0.429. The molecule has 0 aliphatic carbocycles. The van der Waals surface area contributed by atoms with Crippen LogP contribution in [0.2, 0.25) is 5.02 Å². The number of phenolic OH excluding ortho intramolecular Hbond substituents is 1. The topological polar surface area (TPSA) is 38.7 Å². The van der Waals surface area contributed by atoms with Crippen LogP contribution in [0.25, 0.3) is 0 Å². The molecule has 0 bridgehead atoms. The Morgan fingerprint density at radius 1 is 1.23 bits per heavy atom. The second kappa shape index (κ2) is 9.12. The van der Waals surface area contributed by atoms with Crippen LogP contribution < -0.4 is 4.74 Å².